The van der Waals surface area contributed by atoms with Crippen LogP contribution in [0.3, 0.4) is 0 Å². The van der Waals surface area contributed by atoms with Gasteiger partial charge >= 0.3 is 0 Å². The van der Waals surface area contributed by atoms with Gasteiger partial charge in [0, 0.05) is 35.4 Å². The number of benzene rings is 1. The number of amides is 1. The number of ether oxygens (including phenoxy) is 1. The van der Waals surface area contributed by atoms with Gasteiger partial charge in [0.05, 0.1) is 7.11 Å². The van der Waals surface area contributed by atoms with E-state index in [-0.39, 0.29) is 5.91 Å². The summed E-state index contributed by atoms with van der Waals surface area (Å²) in [6.07, 6.45) is 5.58. The molecule has 130 valence electrons. The first kappa shape index (κ1) is 17.2. The topological polar surface area (TPSA) is 34.5 Å². The zero-order chi connectivity index (χ0) is 16.9. The van der Waals surface area contributed by atoms with Gasteiger partial charge in [-0.25, -0.2) is 0 Å². The van der Waals surface area contributed by atoms with Crippen LogP contribution in [-0.2, 0) is 11.3 Å². The SMILES string of the molecule is CCSC1CCCCN(C(=O)Cn2ccc3cc(OC)ccc32)C1. The van der Waals surface area contributed by atoms with Crippen LogP contribution in [0.15, 0.2) is 30.5 Å². The number of thioether (sulfide) groups is 1. The maximum Gasteiger partial charge on any atom is 0.242 e. The first-order valence-corrected chi connectivity index (χ1v) is 9.78. The van der Waals surface area contributed by atoms with Crippen molar-refractivity contribution in [1.82, 2.24) is 9.47 Å². The highest BCUT2D eigenvalue weighted by Crippen LogP contribution is 2.24. The van der Waals surface area contributed by atoms with Crippen LogP contribution in [0.4, 0.5) is 0 Å². The molecule has 1 amide bonds. The molecule has 0 bridgehead atoms. The molecule has 0 saturated carbocycles. The summed E-state index contributed by atoms with van der Waals surface area (Å²) < 4.78 is 7.32. The third kappa shape index (κ3) is 3.89. The summed E-state index contributed by atoms with van der Waals surface area (Å²) in [5.74, 6) is 2.20. The van der Waals surface area contributed by atoms with E-state index < -0.39 is 0 Å². The number of carbonyl (C=O) groups is 1. The van der Waals surface area contributed by atoms with Crippen LogP contribution in [-0.4, -0.2) is 46.6 Å². The Hall–Kier alpha value is -1.62. The van der Waals surface area contributed by atoms with E-state index in [1.165, 1.54) is 12.8 Å². The number of hydrogen-bond acceptors (Lipinski definition) is 3. The first-order chi connectivity index (χ1) is 11.7. The predicted octanol–water partition coefficient (Wildman–Crippen LogP) is 3.78. The van der Waals surface area contributed by atoms with E-state index in [9.17, 15) is 4.79 Å². The molecule has 0 N–H and O–H groups in total. The minimum atomic E-state index is 0.229. The van der Waals surface area contributed by atoms with Crippen LogP contribution in [0, 0.1) is 0 Å². The molecule has 2 aromatic rings. The minimum Gasteiger partial charge on any atom is -0.497 e. The molecule has 0 spiro atoms. The number of likely N-dealkylation sites (tertiary alicyclic amines) is 1. The third-order valence-electron chi connectivity index (χ3n) is 4.67. The van der Waals surface area contributed by atoms with Crippen molar-refractivity contribution in [2.75, 3.05) is 26.0 Å². The molecule has 1 aliphatic heterocycles. The maximum absolute atomic E-state index is 12.8. The van der Waals surface area contributed by atoms with E-state index in [1.807, 2.05) is 46.8 Å². The summed E-state index contributed by atoms with van der Waals surface area (Å²) in [5, 5.41) is 1.70. The van der Waals surface area contributed by atoms with Crippen LogP contribution >= 0.6 is 11.8 Å². The summed E-state index contributed by atoms with van der Waals surface area (Å²) >= 11 is 1.99. The first-order valence-electron chi connectivity index (χ1n) is 8.73. The summed E-state index contributed by atoms with van der Waals surface area (Å²) in [6, 6.07) is 8.03. The predicted molar refractivity (Wildman–Crippen MR) is 101 cm³/mol. The molecule has 0 radical (unpaired) electrons. The molecule has 1 atom stereocenters. The fourth-order valence-electron chi connectivity index (χ4n) is 3.39. The van der Waals surface area contributed by atoms with Crippen LogP contribution < -0.4 is 4.74 Å². The summed E-state index contributed by atoms with van der Waals surface area (Å²) in [5.41, 5.74) is 1.08. The quantitative estimate of drug-likeness (QED) is 0.826. The highest BCUT2D eigenvalue weighted by Gasteiger charge is 2.22. The number of carbonyl (C=O) groups excluding carboxylic acids is 1. The summed E-state index contributed by atoms with van der Waals surface area (Å²) in [7, 11) is 1.67. The molecule has 0 aliphatic carbocycles. The van der Waals surface area contributed by atoms with E-state index in [4.69, 9.17) is 4.74 Å². The van der Waals surface area contributed by atoms with Crippen molar-refractivity contribution in [1.29, 1.82) is 0 Å². The van der Waals surface area contributed by atoms with Crippen LogP contribution in [0.1, 0.15) is 26.2 Å². The van der Waals surface area contributed by atoms with Gasteiger partial charge in [0.1, 0.15) is 12.3 Å². The third-order valence-corrected chi connectivity index (χ3v) is 5.86. The average Bonchev–Trinajstić information content (AvgIpc) is 2.83. The van der Waals surface area contributed by atoms with E-state index in [1.54, 1.807) is 7.11 Å². The Morgan fingerprint density at radius 1 is 1.33 bits per heavy atom. The molecular formula is C19H26N2O2S. The average molecular weight is 346 g/mol. The molecule has 5 heteroatoms. The Bertz CT molecular complexity index is 698. The monoisotopic (exact) mass is 346 g/mol. The smallest absolute Gasteiger partial charge is 0.242 e. The molecule has 1 aliphatic rings. The molecule has 4 nitrogen and oxygen atoms in total. The molecule has 2 heterocycles. The van der Waals surface area contributed by atoms with Gasteiger partial charge in [-0.05, 0) is 42.9 Å². The normalized spacial score (nSPS) is 18.6. The molecule has 1 unspecified atom stereocenters. The summed E-state index contributed by atoms with van der Waals surface area (Å²) in [4.78, 5) is 14.9. The van der Waals surface area contributed by atoms with Crippen molar-refractivity contribution in [2.24, 2.45) is 0 Å². The van der Waals surface area contributed by atoms with Gasteiger partial charge < -0.3 is 14.2 Å². The van der Waals surface area contributed by atoms with Gasteiger partial charge in [-0.15, -0.1) is 0 Å². The fraction of sp³-hybridized carbons (Fsp3) is 0.526. The standard InChI is InChI=1S/C19H26N2O2S/c1-3-24-17-6-4-5-10-21(13-17)19(22)14-20-11-9-15-12-16(23-2)7-8-18(15)20/h7-9,11-12,17H,3-6,10,13-14H2,1-2H3. The van der Waals surface area contributed by atoms with Gasteiger partial charge in [0.2, 0.25) is 5.91 Å². The van der Waals surface area contributed by atoms with Gasteiger partial charge in [-0.1, -0.05) is 13.3 Å². The molecule has 1 aromatic heterocycles. The second-order valence-corrected chi connectivity index (χ2v) is 7.86. The number of aromatic nitrogens is 1. The van der Waals surface area contributed by atoms with Crippen molar-refractivity contribution in [3.63, 3.8) is 0 Å². The Morgan fingerprint density at radius 3 is 3.00 bits per heavy atom. The number of fused-ring (bicyclic) bond motifs is 1. The highest BCUT2D eigenvalue weighted by molar-refractivity contribution is 7.99. The fourth-order valence-corrected chi connectivity index (χ4v) is 4.48. The van der Waals surface area contributed by atoms with Crippen LogP contribution in [0.25, 0.3) is 10.9 Å². The van der Waals surface area contributed by atoms with Crippen molar-refractivity contribution in [2.45, 2.75) is 38.0 Å². The Balaban J connectivity index is 1.71. The van der Waals surface area contributed by atoms with Crippen molar-refractivity contribution >= 4 is 28.6 Å². The lowest BCUT2D eigenvalue weighted by Gasteiger charge is -2.24. The van der Waals surface area contributed by atoms with E-state index in [2.05, 4.69) is 11.8 Å². The van der Waals surface area contributed by atoms with Gasteiger partial charge in [-0.3, -0.25) is 4.79 Å². The Morgan fingerprint density at radius 2 is 2.21 bits per heavy atom. The van der Waals surface area contributed by atoms with Gasteiger partial charge in [-0.2, -0.15) is 11.8 Å². The van der Waals surface area contributed by atoms with Crippen LogP contribution in [0.5, 0.6) is 5.75 Å². The zero-order valence-electron chi connectivity index (χ0n) is 14.5. The van der Waals surface area contributed by atoms with Crippen molar-refractivity contribution in [3.8, 4) is 5.75 Å². The summed E-state index contributed by atoms with van der Waals surface area (Å²) in [6.45, 7) is 4.40. The Labute approximate surface area is 148 Å². The van der Waals surface area contributed by atoms with Gasteiger partial charge in [0.15, 0.2) is 0 Å². The number of nitrogens with zero attached hydrogens (tertiary/aromatic N) is 2. The van der Waals surface area contributed by atoms with E-state index in [0.29, 0.717) is 11.8 Å². The molecule has 24 heavy (non-hydrogen) atoms. The highest BCUT2D eigenvalue weighted by atomic mass is 32.2. The lowest BCUT2D eigenvalue weighted by molar-refractivity contribution is -0.131. The van der Waals surface area contributed by atoms with E-state index in [0.717, 1.165) is 41.9 Å². The second kappa shape index (κ2) is 7.97. The molecule has 1 saturated heterocycles. The lowest BCUT2D eigenvalue weighted by atomic mass is 10.2. The maximum atomic E-state index is 12.8. The molecule has 3 rings (SSSR count). The lowest BCUT2D eigenvalue weighted by Crippen LogP contribution is -2.37. The molecular weight excluding hydrogens is 320 g/mol. The van der Waals surface area contributed by atoms with E-state index >= 15 is 0 Å². The number of methoxy groups -OCH3 is 1. The minimum absolute atomic E-state index is 0.229. The van der Waals surface area contributed by atoms with Crippen LogP contribution in [0.2, 0.25) is 0 Å². The van der Waals surface area contributed by atoms with Crippen molar-refractivity contribution < 1.29 is 9.53 Å². The largest absolute Gasteiger partial charge is 0.497 e. The van der Waals surface area contributed by atoms with Crippen molar-refractivity contribution in [3.05, 3.63) is 30.5 Å². The molecule has 1 aromatic carbocycles. The second-order valence-electron chi connectivity index (χ2n) is 6.28. The van der Waals surface area contributed by atoms with Gasteiger partial charge in [0.25, 0.3) is 0 Å². The Kier molecular flexibility index (Phi) is 5.72. The molecule has 1 fully saturated rings. The number of hydrogen-bond donors (Lipinski definition) is 0. The zero-order valence-corrected chi connectivity index (χ0v) is 15.3. The number of rotatable bonds is 5.